The monoisotopic (exact) mass is 279 g/mol. The smallest absolute Gasteiger partial charge is 0.348 e. The molecule has 0 spiro atoms. The molecule has 0 aliphatic rings. The van der Waals surface area contributed by atoms with Gasteiger partial charge in [-0.15, -0.1) is 0 Å². The minimum absolute atomic E-state index is 0.0322. The fraction of sp³-hybridized carbons (Fsp3) is 0.167. The van der Waals surface area contributed by atoms with Crippen molar-refractivity contribution in [1.29, 1.82) is 5.26 Å². The molecule has 0 saturated carbocycles. The van der Waals surface area contributed by atoms with Crippen molar-refractivity contribution in [3.8, 4) is 6.07 Å². The molecular weight excluding hydrogens is 270 g/mol. The number of esters is 1. The maximum absolute atomic E-state index is 11.3. The number of hydrogen-bond donors (Lipinski definition) is 0. The van der Waals surface area contributed by atoms with Crippen molar-refractivity contribution >= 4 is 27.5 Å². The van der Waals surface area contributed by atoms with Gasteiger partial charge in [0.05, 0.1) is 7.11 Å². The highest BCUT2D eigenvalue weighted by molar-refractivity contribution is 9.10. The van der Waals surface area contributed by atoms with Gasteiger partial charge in [-0.05, 0) is 30.2 Å². The average molecular weight is 280 g/mol. The van der Waals surface area contributed by atoms with E-state index in [1.165, 1.54) is 7.11 Å². The quantitative estimate of drug-likeness (QED) is 0.475. The molecule has 1 rings (SSSR count). The van der Waals surface area contributed by atoms with Crippen LogP contribution in [0, 0.1) is 11.3 Å². The van der Waals surface area contributed by atoms with Gasteiger partial charge in [-0.1, -0.05) is 28.1 Å². The van der Waals surface area contributed by atoms with Crippen LogP contribution in [0.4, 0.5) is 0 Å². The Labute approximate surface area is 102 Å². The molecule has 0 saturated heterocycles. The Balaban J connectivity index is 3.21. The van der Waals surface area contributed by atoms with Crippen LogP contribution in [0.3, 0.4) is 0 Å². The van der Waals surface area contributed by atoms with Crippen LogP contribution in [0.5, 0.6) is 0 Å². The number of hydrogen-bond acceptors (Lipinski definition) is 3. The summed E-state index contributed by atoms with van der Waals surface area (Å²) in [5.41, 5.74) is 1.47. The van der Waals surface area contributed by atoms with Gasteiger partial charge in [-0.2, -0.15) is 5.26 Å². The number of ether oxygens (including phenoxy) is 1. The van der Waals surface area contributed by atoms with Gasteiger partial charge >= 0.3 is 5.97 Å². The standard InChI is InChI=1S/C12H10BrNO2/c1-8(11(7-14)12(15)16-2)9-3-5-10(13)6-4-9/h3-6H,1-2H3/b11-8-. The van der Waals surface area contributed by atoms with E-state index >= 15 is 0 Å². The third kappa shape index (κ3) is 2.71. The molecule has 1 aromatic carbocycles. The van der Waals surface area contributed by atoms with Crippen LogP contribution in [-0.2, 0) is 9.53 Å². The number of methoxy groups -OCH3 is 1. The van der Waals surface area contributed by atoms with E-state index < -0.39 is 5.97 Å². The molecule has 0 fully saturated rings. The number of carbonyl (C=O) groups is 1. The largest absolute Gasteiger partial charge is 0.465 e. The predicted octanol–water partition coefficient (Wildman–Crippen LogP) is 2.92. The third-order valence-corrected chi connectivity index (χ3v) is 2.68. The molecule has 0 aliphatic carbocycles. The Bertz CT molecular complexity index is 469. The van der Waals surface area contributed by atoms with Crippen molar-refractivity contribution in [1.82, 2.24) is 0 Å². The second kappa shape index (κ2) is 5.47. The lowest BCUT2D eigenvalue weighted by atomic mass is 10.0. The van der Waals surface area contributed by atoms with Crippen LogP contribution < -0.4 is 0 Å². The van der Waals surface area contributed by atoms with Crippen molar-refractivity contribution in [2.75, 3.05) is 7.11 Å². The van der Waals surface area contributed by atoms with E-state index in [9.17, 15) is 4.79 Å². The van der Waals surface area contributed by atoms with E-state index in [1.54, 1.807) is 6.92 Å². The topological polar surface area (TPSA) is 50.1 Å². The van der Waals surface area contributed by atoms with Gasteiger partial charge in [-0.3, -0.25) is 0 Å². The summed E-state index contributed by atoms with van der Waals surface area (Å²) in [5, 5.41) is 8.90. The number of carbonyl (C=O) groups excluding carboxylic acids is 1. The Hall–Kier alpha value is -1.60. The van der Waals surface area contributed by atoms with E-state index in [2.05, 4.69) is 20.7 Å². The molecule has 0 bridgehead atoms. The van der Waals surface area contributed by atoms with E-state index in [0.29, 0.717) is 5.57 Å². The summed E-state index contributed by atoms with van der Waals surface area (Å²) in [5.74, 6) is -0.608. The molecule has 0 unspecified atom stereocenters. The summed E-state index contributed by atoms with van der Waals surface area (Å²) in [6.45, 7) is 1.72. The van der Waals surface area contributed by atoms with E-state index in [0.717, 1.165) is 10.0 Å². The third-order valence-electron chi connectivity index (χ3n) is 2.15. The molecule has 0 aliphatic heterocycles. The van der Waals surface area contributed by atoms with Crippen molar-refractivity contribution in [2.45, 2.75) is 6.92 Å². The van der Waals surface area contributed by atoms with Crippen LogP contribution in [0.15, 0.2) is 34.3 Å². The fourth-order valence-electron chi connectivity index (χ4n) is 1.23. The second-order valence-corrected chi connectivity index (χ2v) is 4.03. The molecule has 0 amide bonds. The molecule has 16 heavy (non-hydrogen) atoms. The summed E-state index contributed by atoms with van der Waals surface area (Å²) in [6, 6.07) is 9.23. The first kappa shape index (κ1) is 12.5. The maximum Gasteiger partial charge on any atom is 0.348 e. The molecular formula is C12H10BrNO2. The van der Waals surface area contributed by atoms with Gasteiger partial charge in [0.15, 0.2) is 0 Å². The normalized spacial score (nSPS) is 11.4. The zero-order valence-electron chi connectivity index (χ0n) is 8.95. The molecule has 82 valence electrons. The minimum atomic E-state index is -0.608. The van der Waals surface area contributed by atoms with Crippen LogP contribution in [-0.4, -0.2) is 13.1 Å². The summed E-state index contributed by atoms with van der Waals surface area (Å²) >= 11 is 3.32. The minimum Gasteiger partial charge on any atom is -0.465 e. The van der Waals surface area contributed by atoms with E-state index in [4.69, 9.17) is 5.26 Å². The van der Waals surface area contributed by atoms with Crippen LogP contribution in [0.1, 0.15) is 12.5 Å². The fourth-order valence-corrected chi connectivity index (χ4v) is 1.49. The molecule has 1 aromatic rings. The zero-order chi connectivity index (χ0) is 12.1. The number of nitrogens with zero attached hydrogens (tertiary/aromatic N) is 1. The summed E-state index contributed by atoms with van der Waals surface area (Å²) in [4.78, 5) is 11.3. The second-order valence-electron chi connectivity index (χ2n) is 3.11. The van der Waals surface area contributed by atoms with Crippen LogP contribution in [0.2, 0.25) is 0 Å². The lowest BCUT2D eigenvalue weighted by Gasteiger charge is -2.04. The summed E-state index contributed by atoms with van der Waals surface area (Å²) in [6.07, 6.45) is 0. The van der Waals surface area contributed by atoms with Crippen molar-refractivity contribution in [3.05, 3.63) is 39.9 Å². The van der Waals surface area contributed by atoms with Crippen molar-refractivity contribution in [3.63, 3.8) is 0 Å². The Kier molecular flexibility index (Phi) is 4.27. The maximum atomic E-state index is 11.3. The molecule has 4 heteroatoms. The van der Waals surface area contributed by atoms with Crippen molar-refractivity contribution in [2.24, 2.45) is 0 Å². The molecule has 0 aromatic heterocycles. The molecule has 0 radical (unpaired) electrons. The van der Waals surface area contributed by atoms with Gasteiger partial charge in [-0.25, -0.2) is 4.79 Å². The first-order valence-corrected chi connectivity index (χ1v) is 5.34. The highest BCUT2D eigenvalue weighted by atomic mass is 79.9. The number of allylic oxidation sites excluding steroid dienone is 1. The summed E-state index contributed by atoms with van der Waals surface area (Å²) in [7, 11) is 1.26. The van der Waals surface area contributed by atoms with Gasteiger partial charge in [0.25, 0.3) is 0 Å². The Morgan fingerprint density at radius 1 is 1.38 bits per heavy atom. The zero-order valence-corrected chi connectivity index (χ0v) is 10.5. The van der Waals surface area contributed by atoms with Crippen LogP contribution >= 0.6 is 15.9 Å². The predicted molar refractivity (Wildman–Crippen MR) is 64.4 cm³/mol. The molecule has 0 atom stereocenters. The molecule has 0 N–H and O–H groups in total. The van der Waals surface area contributed by atoms with Gasteiger partial charge in [0, 0.05) is 4.47 Å². The highest BCUT2D eigenvalue weighted by Gasteiger charge is 2.13. The first-order chi connectivity index (χ1) is 7.60. The molecule has 3 nitrogen and oxygen atoms in total. The number of nitriles is 1. The highest BCUT2D eigenvalue weighted by Crippen LogP contribution is 2.21. The first-order valence-electron chi connectivity index (χ1n) is 4.55. The number of halogens is 1. The lowest BCUT2D eigenvalue weighted by molar-refractivity contribution is -0.135. The lowest BCUT2D eigenvalue weighted by Crippen LogP contribution is -2.05. The van der Waals surface area contributed by atoms with Gasteiger partial charge in [0.2, 0.25) is 0 Å². The van der Waals surface area contributed by atoms with E-state index in [1.807, 2.05) is 30.3 Å². The van der Waals surface area contributed by atoms with Crippen LogP contribution in [0.25, 0.3) is 5.57 Å². The van der Waals surface area contributed by atoms with E-state index in [-0.39, 0.29) is 5.57 Å². The average Bonchev–Trinajstić information content (AvgIpc) is 2.30. The molecule has 0 heterocycles. The van der Waals surface area contributed by atoms with Gasteiger partial charge in [0.1, 0.15) is 11.6 Å². The Morgan fingerprint density at radius 2 is 1.94 bits per heavy atom. The van der Waals surface area contributed by atoms with Gasteiger partial charge < -0.3 is 4.74 Å². The Morgan fingerprint density at radius 3 is 2.38 bits per heavy atom. The number of rotatable bonds is 2. The number of benzene rings is 1. The SMILES string of the molecule is COC(=O)/C(C#N)=C(/C)c1ccc(Br)cc1. The van der Waals surface area contributed by atoms with Crippen molar-refractivity contribution < 1.29 is 9.53 Å². The summed E-state index contributed by atoms with van der Waals surface area (Å²) < 4.78 is 5.49.